The average Bonchev–Trinajstić information content (AvgIpc) is 2.48. The van der Waals surface area contributed by atoms with Gasteiger partial charge in [0.2, 0.25) is 0 Å². The summed E-state index contributed by atoms with van der Waals surface area (Å²) in [7, 11) is 3.27. The number of hydrogen-bond donors (Lipinski definition) is 1. The molecule has 1 atom stereocenters. The van der Waals surface area contributed by atoms with Crippen LogP contribution in [0.3, 0.4) is 0 Å². The monoisotopic (exact) mass is 305 g/mol. The average molecular weight is 306 g/mol. The maximum atomic E-state index is 6.05. The van der Waals surface area contributed by atoms with Crippen LogP contribution in [0, 0.1) is 6.92 Å². The van der Waals surface area contributed by atoms with Gasteiger partial charge in [-0.1, -0.05) is 23.7 Å². The second-order valence-electron chi connectivity index (χ2n) is 4.94. The second kappa shape index (κ2) is 6.72. The van der Waals surface area contributed by atoms with Gasteiger partial charge in [0.05, 0.1) is 14.2 Å². The zero-order valence-electron chi connectivity index (χ0n) is 12.7. The standard InChI is InChI=1S/C17H20ClNO2/c1-11-8-16(20-3)17(21-4)10-15(11)19-12(2)13-6-5-7-14(18)9-13/h5-10,12,19H,1-4H3. The number of benzene rings is 2. The number of methoxy groups -OCH3 is 2. The van der Waals surface area contributed by atoms with Gasteiger partial charge in [-0.15, -0.1) is 0 Å². The Hall–Kier alpha value is -1.87. The minimum atomic E-state index is 0.139. The van der Waals surface area contributed by atoms with Crippen LogP contribution in [0.2, 0.25) is 5.02 Å². The Bertz CT molecular complexity index is 628. The summed E-state index contributed by atoms with van der Waals surface area (Å²) in [5.74, 6) is 1.44. The summed E-state index contributed by atoms with van der Waals surface area (Å²) in [5.41, 5.74) is 3.25. The summed E-state index contributed by atoms with van der Waals surface area (Å²) in [6, 6.07) is 11.9. The third-order valence-corrected chi connectivity index (χ3v) is 3.69. The molecular weight excluding hydrogens is 286 g/mol. The molecule has 112 valence electrons. The van der Waals surface area contributed by atoms with Gasteiger partial charge in [0.1, 0.15) is 0 Å². The molecule has 0 fully saturated rings. The Morgan fingerprint density at radius 2 is 1.71 bits per heavy atom. The first kappa shape index (κ1) is 15.5. The van der Waals surface area contributed by atoms with E-state index in [1.54, 1.807) is 14.2 Å². The summed E-state index contributed by atoms with van der Waals surface area (Å²) in [4.78, 5) is 0. The molecule has 4 heteroatoms. The van der Waals surface area contributed by atoms with E-state index >= 15 is 0 Å². The second-order valence-corrected chi connectivity index (χ2v) is 5.38. The van der Waals surface area contributed by atoms with E-state index in [0.717, 1.165) is 27.6 Å². The fourth-order valence-corrected chi connectivity index (χ4v) is 2.43. The van der Waals surface area contributed by atoms with Crippen LogP contribution < -0.4 is 14.8 Å². The van der Waals surface area contributed by atoms with Crippen LogP contribution in [0.15, 0.2) is 36.4 Å². The highest BCUT2D eigenvalue weighted by atomic mass is 35.5. The molecule has 0 aliphatic carbocycles. The van der Waals surface area contributed by atoms with E-state index in [-0.39, 0.29) is 6.04 Å². The molecular formula is C17H20ClNO2. The molecule has 0 aliphatic heterocycles. The fourth-order valence-electron chi connectivity index (χ4n) is 2.23. The van der Waals surface area contributed by atoms with Crippen molar-refractivity contribution in [2.45, 2.75) is 19.9 Å². The molecule has 0 amide bonds. The molecule has 2 aromatic carbocycles. The number of hydrogen-bond acceptors (Lipinski definition) is 3. The highest BCUT2D eigenvalue weighted by Crippen LogP contribution is 2.34. The van der Waals surface area contributed by atoms with Gasteiger partial charge in [-0.2, -0.15) is 0 Å². The lowest BCUT2D eigenvalue weighted by Crippen LogP contribution is -2.08. The number of rotatable bonds is 5. The first-order chi connectivity index (χ1) is 10.0. The van der Waals surface area contributed by atoms with Gasteiger partial charge in [-0.25, -0.2) is 0 Å². The molecule has 0 bridgehead atoms. The maximum absolute atomic E-state index is 6.05. The van der Waals surface area contributed by atoms with Crippen molar-refractivity contribution in [2.75, 3.05) is 19.5 Å². The topological polar surface area (TPSA) is 30.5 Å². The van der Waals surface area contributed by atoms with Crippen molar-refractivity contribution in [3.05, 3.63) is 52.5 Å². The number of aryl methyl sites for hydroxylation is 1. The van der Waals surface area contributed by atoms with Crippen molar-refractivity contribution in [1.82, 2.24) is 0 Å². The minimum Gasteiger partial charge on any atom is -0.493 e. The van der Waals surface area contributed by atoms with E-state index in [2.05, 4.69) is 18.3 Å². The lowest BCUT2D eigenvalue weighted by Gasteiger charge is -2.19. The first-order valence-corrected chi connectivity index (χ1v) is 7.17. The zero-order chi connectivity index (χ0) is 15.4. The summed E-state index contributed by atoms with van der Waals surface area (Å²) in [6.45, 7) is 4.14. The number of nitrogens with one attached hydrogen (secondary N) is 1. The Labute approximate surface area is 130 Å². The molecule has 0 heterocycles. The van der Waals surface area contributed by atoms with Crippen molar-refractivity contribution in [2.24, 2.45) is 0 Å². The molecule has 2 aromatic rings. The van der Waals surface area contributed by atoms with E-state index in [0.29, 0.717) is 5.75 Å². The highest BCUT2D eigenvalue weighted by molar-refractivity contribution is 6.30. The summed E-state index contributed by atoms with van der Waals surface area (Å²) < 4.78 is 10.7. The third-order valence-electron chi connectivity index (χ3n) is 3.45. The van der Waals surface area contributed by atoms with Gasteiger partial charge in [0.25, 0.3) is 0 Å². The molecule has 21 heavy (non-hydrogen) atoms. The Morgan fingerprint density at radius 1 is 1.05 bits per heavy atom. The number of halogens is 1. The SMILES string of the molecule is COc1cc(C)c(NC(C)c2cccc(Cl)c2)cc1OC. The van der Waals surface area contributed by atoms with E-state index in [1.807, 2.05) is 37.3 Å². The molecule has 0 saturated heterocycles. The van der Waals surface area contributed by atoms with Crippen LogP contribution in [0.4, 0.5) is 5.69 Å². The van der Waals surface area contributed by atoms with Crippen LogP contribution in [0.1, 0.15) is 24.1 Å². The van der Waals surface area contributed by atoms with Gasteiger partial charge < -0.3 is 14.8 Å². The molecule has 0 saturated carbocycles. The smallest absolute Gasteiger partial charge is 0.162 e. The van der Waals surface area contributed by atoms with Gasteiger partial charge in [-0.05, 0) is 43.2 Å². The molecule has 1 unspecified atom stereocenters. The number of anilines is 1. The molecule has 0 radical (unpaired) electrons. The normalized spacial score (nSPS) is 11.9. The van der Waals surface area contributed by atoms with Crippen molar-refractivity contribution in [3.8, 4) is 11.5 Å². The van der Waals surface area contributed by atoms with Crippen LogP contribution >= 0.6 is 11.6 Å². The lowest BCUT2D eigenvalue weighted by atomic mass is 10.1. The van der Waals surface area contributed by atoms with Gasteiger partial charge in [0, 0.05) is 22.8 Å². The van der Waals surface area contributed by atoms with Crippen LogP contribution in [-0.2, 0) is 0 Å². The maximum Gasteiger partial charge on any atom is 0.162 e. The quantitative estimate of drug-likeness (QED) is 0.857. The van der Waals surface area contributed by atoms with Gasteiger partial charge in [-0.3, -0.25) is 0 Å². The van der Waals surface area contributed by atoms with Crippen molar-refractivity contribution >= 4 is 17.3 Å². The van der Waals surface area contributed by atoms with Gasteiger partial charge in [0.15, 0.2) is 11.5 Å². The molecule has 0 spiro atoms. The zero-order valence-corrected chi connectivity index (χ0v) is 13.5. The largest absolute Gasteiger partial charge is 0.493 e. The van der Waals surface area contributed by atoms with Crippen LogP contribution in [-0.4, -0.2) is 14.2 Å². The Kier molecular flexibility index (Phi) is 4.97. The lowest BCUT2D eigenvalue weighted by molar-refractivity contribution is 0.355. The number of ether oxygens (including phenoxy) is 2. The van der Waals surface area contributed by atoms with Crippen LogP contribution in [0.25, 0.3) is 0 Å². The van der Waals surface area contributed by atoms with E-state index < -0.39 is 0 Å². The Morgan fingerprint density at radius 3 is 2.33 bits per heavy atom. The Balaban J connectivity index is 2.26. The predicted octanol–water partition coefficient (Wildman–Crippen LogP) is 4.84. The van der Waals surface area contributed by atoms with E-state index in [4.69, 9.17) is 21.1 Å². The molecule has 2 rings (SSSR count). The molecule has 3 nitrogen and oxygen atoms in total. The molecule has 0 aromatic heterocycles. The third kappa shape index (κ3) is 3.61. The van der Waals surface area contributed by atoms with E-state index in [9.17, 15) is 0 Å². The fraction of sp³-hybridized carbons (Fsp3) is 0.294. The van der Waals surface area contributed by atoms with Crippen LogP contribution in [0.5, 0.6) is 11.5 Å². The first-order valence-electron chi connectivity index (χ1n) is 6.79. The molecule has 0 aliphatic rings. The van der Waals surface area contributed by atoms with Crippen molar-refractivity contribution in [1.29, 1.82) is 0 Å². The van der Waals surface area contributed by atoms with Gasteiger partial charge >= 0.3 is 0 Å². The summed E-state index contributed by atoms with van der Waals surface area (Å²) >= 11 is 6.05. The predicted molar refractivity (Wildman–Crippen MR) is 87.8 cm³/mol. The molecule has 1 N–H and O–H groups in total. The summed E-state index contributed by atoms with van der Waals surface area (Å²) in [5, 5.41) is 4.23. The summed E-state index contributed by atoms with van der Waals surface area (Å²) in [6.07, 6.45) is 0. The van der Waals surface area contributed by atoms with Crippen molar-refractivity contribution < 1.29 is 9.47 Å². The van der Waals surface area contributed by atoms with Crippen molar-refractivity contribution in [3.63, 3.8) is 0 Å². The van der Waals surface area contributed by atoms with E-state index in [1.165, 1.54) is 0 Å². The minimum absolute atomic E-state index is 0.139. The highest BCUT2D eigenvalue weighted by Gasteiger charge is 2.11.